The molecule has 0 aliphatic rings. The molecule has 0 aliphatic heterocycles. The maximum Gasteiger partial charge on any atom is 0.263 e. The molecule has 0 unspecified atom stereocenters. The molecule has 0 aliphatic carbocycles. The Morgan fingerprint density at radius 1 is 0.828 bits per heavy atom. The minimum absolute atomic E-state index is 0.00741. The van der Waals surface area contributed by atoms with Crippen molar-refractivity contribution in [1.29, 1.82) is 0 Å². The van der Waals surface area contributed by atoms with E-state index in [4.69, 9.17) is 11.6 Å². The van der Waals surface area contributed by atoms with Gasteiger partial charge in [-0.05, 0) is 54.6 Å². The zero-order valence-electron chi connectivity index (χ0n) is 14.8. The van der Waals surface area contributed by atoms with E-state index < -0.39 is 15.8 Å². The predicted octanol–water partition coefficient (Wildman–Crippen LogP) is 4.97. The number of rotatable bonds is 5. The summed E-state index contributed by atoms with van der Waals surface area (Å²) in [6.45, 7) is 0. The molecule has 0 amide bonds. The van der Waals surface area contributed by atoms with Crippen molar-refractivity contribution in [1.82, 2.24) is 9.97 Å². The molecule has 4 aromatic rings. The van der Waals surface area contributed by atoms with Crippen LogP contribution in [0, 0.1) is 5.82 Å². The third kappa shape index (κ3) is 4.28. The fraction of sp³-hybridized carbons (Fsp3) is 0. The van der Waals surface area contributed by atoms with Crippen molar-refractivity contribution in [3.8, 4) is 0 Å². The summed E-state index contributed by atoms with van der Waals surface area (Å²) in [6, 6.07) is 18.5. The largest absolute Gasteiger partial charge is 0.337 e. The molecule has 0 atom stereocenters. The van der Waals surface area contributed by atoms with E-state index in [0.717, 1.165) is 12.1 Å². The fourth-order valence-electron chi connectivity index (χ4n) is 2.66. The summed E-state index contributed by atoms with van der Waals surface area (Å²) in [5.41, 5.74) is 1.71. The van der Waals surface area contributed by atoms with E-state index in [9.17, 15) is 12.8 Å². The van der Waals surface area contributed by atoms with Crippen LogP contribution in [-0.2, 0) is 10.0 Å². The minimum Gasteiger partial charge on any atom is -0.337 e. The molecule has 2 N–H and O–H groups in total. The summed E-state index contributed by atoms with van der Waals surface area (Å²) in [4.78, 5) is 8.79. The quantitative estimate of drug-likeness (QED) is 0.469. The number of benzene rings is 3. The van der Waals surface area contributed by atoms with Gasteiger partial charge in [0.2, 0.25) is 0 Å². The molecule has 0 spiro atoms. The van der Waals surface area contributed by atoms with Gasteiger partial charge in [0.1, 0.15) is 5.82 Å². The van der Waals surface area contributed by atoms with Gasteiger partial charge < -0.3 is 5.32 Å². The first-order chi connectivity index (χ1) is 13.9. The molecule has 0 bridgehead atoms. The number of aromatic nitrogens is 2. The summed E-state index contributed by atoms with van der Waals surface area (Å²) in [6.07, 6.45) is 0. The van der Waals surface area contributed by atoms with Gasteiger partial charge in [-0.25, -0.2) is 22.8 Å². The van der Waals surface area contributed by atoms with Crippen LogP contribution < -0.4 is 10.0 Å². The maximum atomic E-state index is 13.2. The monoisotopic (exact) mass is 428 g/mol. The Balaban J connectivity index is 1.78. The smallest absolute Gasteiger partial charge is 0.263 e. The average Bonchev–Trinajstić information content (AvgIpc) is 2.68. The number of nitrogens with zero attached hydrogens (tertiary/aromatic N) is 2. The van der Waals surface area contributed by atoms with E-state index in [1.807, 2.05) is 6.07 Å². The number of para-hydroxylation sites is 2. The van der Waals surface area contributed by atoms with Gasteiger partial charge in [0, 0.05) is 10.7 Å². The lowest BCUT2D eigenvalue weighted by Gasteiger charge is -2.14. The zero-order chi connectivity index (χ0) is 20.4. The first-order valence-electron chi connectivity index (χ1n) is 8.48. The molecule has 3 aromatic carbocycles. The number of hydrogen-bond donors (Lipinski definition) is 2. The van der Waals surface area contributed by atoms with Crippen LogP contribution in [0.5, 0.6) is 0 Å². The lowest BCUT2D eigenvalue weighted by atomic mass is 10.3. The molecule has 146 valence electrons. The third-order valence-electron chi connectivity index (χ3n) is 4.01. The average molecular weight is 429 g/mol. The highest BCUT2D eigenvalue weighted by molar-refractivity contribution is 7.92. The van der Waals surface area contributed by atoms with Gasteiger partial charge in [-0.15, -0.1) is 0 Å². The number of nitrogens with one attached hydrogen (secondary N) is 2. The third-order valence-corrected chi connectivity index (χ3v) is 5.60. The Morgan fingerprint density at radius 3 is 2.14 bits per heavy atom. The number of anilines is 3. The van der Waals surface area contributed by atoms with E-state index >= 15 is 0 Å². The van der Waals surface area contributed by atoms with Crippen molar-refractivity contribution in [2.75, 3.05) is 10.0 Å². The molecule has 0 radical (unpaired) electrons. The SMILES string of the molecule is O=S(=O)(Nc1nc2ccccc2nc1Nc1cccc(Cl)c1)c1ccc(F)cc1. The Bertz CT molecular complexity index is 1300. The van der Waals surface area contributed by atoms with Crippen LogP contribution in [0.4, 0.5) is 21.7 Å². The first-order valence-corrected chi connectivity index (χ1v) is 10.3. The van der Waals surface area contributed by atoms with Crippen molar-refractivity contribution in [3.63, 3.8) is 0 Å². The van der Waals surface area contributed by atoms with Crippen molar-refractivity contribution in [3.05, 3.63) is 83.6 Å². The Labute approximate surface area is 171 Å². The summed E-state index contributed by atoms with van der Waals surface area (Å²) in [7, 11) is -4.01. The van der Waals surface area contributed by atoms with Gasteiger partial charge in [-0.3, -0.25) is 4.72 Å². The highest BCUT2D eigenvalue weighted by atomic mass is 35.5. The summed E-state index contributed by atoms with van der Waals surface area (Å²) in [5.74, 6) is -0.317. The molecule has 29 heavy (non-hydrogen) atoms. The van der Waals surface area contributed by atoms with Crippen molar-refractivity contribution < 1.29 is 12.8 Å². The van der Waals surface area contributed by atoms with Crippen LogP contribution in [0.15, 0.2) is 77.7 Å². The Hall–Kier alpha value is -3.23. The molecule has 0 saturated heterocycles. The zero-order valence-corrected chi connectivity index (χ0v) is 16.4. The first kappa shape index (κ1) is 19.1. The lowest BCUT2D eigenvalue weighted by molar-refractivity contribution is 0.599. The van der Waals surface area contributed by atoms with Crippen molar-refractivity contribution in [2.45, 2.75) is 4.90 Å². The van der Waals surface area contributed by atoms with Gasteiger partial charge >= 0.3 is 0 Å². The molecule has 0 fully saturated rings. The van der Waals surface area contributed by atoms with Gasteiger partial charge in [-0.2, -0.15) is 0 Å². The second-order valence-electron chi connectivity index (χ2n) is 6.10. The van der Waals surface area contributed by atoms with Crippen molar-refractivity contribution in [2.24, 2.45) is 0 Å². The summed E-state index contributed by atoms with van der Waals surface area (Å²) >= 11 is 6.03. The van der Waals surface area contributed by atoms with Gasteiger partial charge in [-0.1, -0.05) is 29.8 Å². The van der Waals surface area contributed by atoms with Crippen LogP contribution >= 0.6 is 11.6 Å². The summed E-state index contributed by atoms with van der Waals surface area (Å²) in [5, 5.41) is 3.55. The maximum absolute atomic E-state index is 13.2. The van der Waals surface area contributed by atoms with E-state index in [0.29, 0.717) is 21.7 Å². The van der Waals surface area contributed by atoms with Crippen LogP contribution in [0.25, 0.3) is 11.0 Å². The standard InChI is InChI=1S/C20H14ClFN4O2S/c21-13-4-3-5-15(12-13)23-19-20(25-18-7-2-1-6-17(18)24-19)26-29(27,28)16-10-8-14(22)9-11-16/h1-12H,(H,23,24)(H,25,26). The van der Waals surface area contributed by atoms with Crippen LogP contribution in [0.1, 0.15) is 0 Å². The van der Waals surface area contributed by atoms with E-state index in [1.54, 1.807) is 42.5 Å². The molecule has 1 heterocycles. The van der Waals surface area contributed by atoms with E-state index in [-0.39, 0.29) is 16.5 Å². The van der Waals surface area contributed by atoms with Gasteiger partial charge in [0.25, 0.3) is 10.0 Å². The molecular formula is C20H14ClFN4O2S. The molecular weight excluding hydrogens is 415 g/mol. The molecule has 9 heteroatoms. The van der Waals surface area contributed by atoms with Crippen LogP contribution in [0.2, 0.25) is 5.02 Å². The highest BCUT2D eigenvalue weighted by Gasteiger charge is 2.19. The van der Waals surface area contributed by atoms with E-state index in [1.165, 1.54) is 12.1 Å². The predicted molar refractivity (Wildman–Crippen MR) is 111 cm³/mol. The fourth-order valence-corrected chi connectivity index (χ4v) is 3.86. The lowest BCUT2D eigenvalue weighted by Crippen LogP contribution is -2.16. The number of hydrogen-bond acceptors (Lipinski definition) is 5. The topological polar surface area (TPSA) is 84.0 Å². The number of halogens is 2. The van der Waals surface area contributed by atoms with Crippen molar-refractivity contribution >= 4 is 50.0 Å². The second-order valence-corrected chi connectivity index (χ2v) is 8.22. The number of fused-ring (bicyclic) bond motifs is 1. The normalized spacial score (nSPS) is 11.4. The molecule has 0 saturated carbocycles. The second kappa shape index (κ2) is 7.65. The molecule has 1 aromatic heterocycles. The number of sulfonamides is 1. The van der Waals surface area contributed by atoms with Gasteiger partial charge in [0.05, 0.1) is 15.9 Å². The molecule has 4 rings (SSSR count). The minimum atomic E-state index is -4.01. The summed E-state index contributed by atoms with van der Waals surface area (Å²) < 4.78 is 41.1. The van der Waals surface area contributed by atoms with Crippen LogP contribution in [0.3, 0.4) is 0 Å². The Kier molecular flexibility index (Phi) is 5.04. The van der Waals surface area contributed by atoms with Crippen LogP contribution in [-0.4, -0.2) is 18.4 Å². The highest BCUT2D eigenvalue weighted by Crippen LogP contribution is 2.28. The van der Waals surface area contributed by atoms with E-state index in [2.05, 4.69) is 20.0 Å². The Morgan fingerprint density at radius 2 is 1.48 bits per heavy atom. The molecule has 6 nitrogen and oxygen atoms in total. The van der Waals surface area contributed by atoms with Gasteiger partial charge in [0.15, 0.2) is 11.6 Å².